The van der Waals surface area contributed by atoms with Crippen LogP contribution in [0.4, 0.5) is 5.69 Å². The molecule has 0 aliphatic carbocycles. The molecule has 1 aromatic rings. The van der Waals surface area contributed by atoms with Gasteiger partial charge in [-0.15, -0.1) is 0 Å². The maximum absolute atomic E-state index is 11.3. The second-order valence-electron chi connectivity index (χ2n) is 4.17. The summed E-state index contributed by atoms with van der Waals surface area (Å²) in [6.45, 7) is 6.73. The van der Waals surface area contributed by atoms with Gasteiger partial charge in [0, 0.05) is 24.3 Å². The SMILES string of the molecule is C=C(CNCCc1ccc([N+](=O)[O-])cc1)C(=O)OCC. The van der Waals surface area contributed by atoms with Gasteiger partial charge >= 0.3 is 5.97 Å². The second-order valence-corrected chi connectivity index (χ2v) is 4.17. The van der Waals surface area contributed by atoms with Crippen molar-refractivity contribution < 1.29 is 14.5 Å². The van der Waals surface area contributed by atoms with E-state index in [9.17, 15) is 14.9 Å². The zero-order valence-corrected chi connectivity index (χ0v) is 11.4. The number of ether oxygens (including phenoxy) is 1. The summed E-state index contributed by atoms with van der Waals surface area (Å²) in [7, 11) is 0. The van der Waals surface area contributed by atoms with Gasteiger partial charge in [0.05, 0.1) is 11.5 Å². The Hall–Kier alpha value is -2.21. The Balaban J connectivity index is 2.29. The Morgan fingerprint density at radius 2 is 2.05 bits per heavy atom. The van der Waals surface area contributed by atoms with Crippen LogP contribution in [-0.4, -0.2) is 30.6 Å². The van der Waals surface area contributed by atoms with E-state index in [-0.39, 0.29) is 5.69 Å². The van der Waals surface area contributed by atoms with Crippen LogP contribution in [0.25, 0.3) is 0 Å². The van der Waals surface area contributed by atoms with Gasteiger partial charge in [-0.25, -0.2) is 4.79 Å². The minimum absolute atomic E-state index is 0.0809. The zero-order chi connectivity index (χ0) is 15.0. The standard InChI is InChI=1S/C14H18N2O4/c1-3-20-14(17)11(2)10-15-9-8-12-4-6-13(7-5-12)16(18)19/h4-7,15H,2-3,8-10H2,1H3. The van der Waals surface area contributed by atoms with Crippen molar-refractivity contribution in [2.24, 2.45) is 0 Å². The van der Waals surface area contributed by atoms with Gasteiger partial charge < -0.3 is 10.1 Å². The number of nitrogens with one attached hydrogen (secondary N) is 1. The molecule has 0 atom stereocenters. The fraction of sp³-hybridized carbons (Fsp3) is 0.357. The number of esters is 1. The van der Waals surface area contributed by atoms with Crippen molar-refractivity contribution in [2.75, 3.05) is 19.7 Å². The summed E-state index contributed by atoms with van der Waals surface area (Å²) in [5.41, 5.74) is 1.46. The Labute approximate surface area is 117 Å². The summed E-state index contributed by atoms with van der Waals surface area (Å²) in [6.07, 6.45) is 0.716. The van der Waals surface area contributed by atoms with E-state index in [2.05, 4.69) is 11.9 Å². The molecule has 0 bridgehead atoms. The molecule has 0 unspecified atom stereocenters. The van der Waals surface area contributed by atoms with Gasteiger partial charge in [-0.2, -0.15) is 0 Å². The number of hydrogen-bond acceptors (Lipinski definition) is 5. The predicted molar refractivity (Wildman–Crippen MR) is 75.4 cm³/mol. The van der Waals surface area contributed by atoms with Gasteiger partial charge in [0.25, 0.3) is 5.69 Å². The van der Waals surface area contributed by atoms with E-state index in [1.165, 1.54) is 12.1 Å². The minimum atomic E-state index is -0.425. The minimum Gasteiger partial charge on any atom is -0.463 e. The zero-order valence-electron chi connectivity index (χ0n) is 11.4. The highest BCUT2D eigenvalue weighted by atomic mass is 16.6. The number of rotatable bonds is 8. The van der Waals surface area contributed by atoms with E-state index in [0.29, 0.717) is 31.7 Å². The van der Waals surface area contributed by atoms with Crippen LogP contribution >= 0.6 is 0 Å². The van der Waals surface area contributed by atoms with Crippen LogP contribution in [0.15, 0.2) is 36.4 Å². The Bertz CT molecular complexity index is 482. The van der Waals surface area contributed by atoms with Gasteiger partial charge in [-0.1, -0.05) is 18.7 Å². The molecule has 0 radical (unpaired) electrons. The first kappa shape index (κ1) is 15.8. The predicted octanol–water partition coefficient (Wildman–Crippen LogP) is 1.85. The van der Waals surface area contributed by atoms with Crippen molar-refractivity contribution >= 4 is 11.7 Å². The van der Waals surface area contributed by atoms with Crippen molar-refractivity contribution in [1.82, 2.24) is 5.32 Å². The quantitative estimate of drug-likeness (QED) is 0.258. The van der Waals surface area contributed by atoms with Crippen LogP contribution in [0.2, 0.25) is 0 Å². The van der Waals surface area contributed by atoms with Crippen molar-refractivity contribution in [2.45, 2.75) is 13.3 Å². The largest absolute Gasteiger partial charge is 0.463 e. The van der Waals surface area contributed by atoms with Crippen molar-refractivity contribution in [3.8, 4) is 0 Å². The van der Waals surface area contributed by atoms with E-state index >= 15 is 0 Å². The first-order valence-electron chi connectivity index (χ1n) is 6.33. The fourth-order valence-corrected chi connectivity index (χ4v) is 1.56. The van der Waals surface area contributed by atoms with Crippen molar-refractivity contribution in [3.63, 3.8) is 0 Å². The summed E-state index contributed by atoms with van der Waals surface area (Å²) in [5, 5.41) is 13.6. The number of carbonyl (C=O) groups is 1. The van der Waals surface area contributed by atoms with E-state index in [0.717, 1.165) is 5.56 Å². The summed E-state index contributed by atoms with van der Waals surface area (Å²) in [4.78, 5) is 21.4. The molecule has 1 aromatic carbocycles. The molecule has 20 heavy (non-hydrogen) atoms. The molecule has 6 heteroatoms. The molecule has 0 fully saturated rings. The molecule has 0 aromatic heterocycles. The topological polar surface area (TPSA) is 81.5 Å². The van der Waals surface area contributed by atoms with Crippen LogP contribution in [0, 0.1) is 10.1 Å². The van der Waals surface area contributed by atoms with Gasteiger partial charge in [-0.3, -0.25) is 10.1 Å². The smallest absolute Gasteiger partial charge is 0.334 e. The highest BCUT2D eigenvalue weighted by molar-refractivity contribution is 5.88. The maximum Gasteiger partial charge on any atom is 0.334 e. The summed E-state index contributed by atoms with van der Waals surface area (Å²) < 4.78 is 4.81. The number of carbonyl (C=O) groups excluding carboxylic acids is 1. The third kappa shape index (κ3) is 5.19. The van der Waals surface area contributed by atoms with Gasteiger partial charge in [0.2, 0.25) is 0 Å². The Morgan fingerprint density at radius 3 is 2.60 bits per heavy atom. The number of nitro benzene ring substituents is 1. The molecular weight excluding hydrogens is 260 g/mol. The van der Waals surface area contributed by atoms with Gasteiger partial charge in [0.1, 0.15) is 0 Å². The van der Waals surface area contributed by atoms with E-state index in [1.54, 1.807) is 19.1 Å². The Kier molecular flexibility index (Phi) is 6.39. The highest BCUT2D eigenvalue weighted by Crippen LogP contribution is 2.11. The molecule has 1 rings (SSSR count). The summed E-state index contributed by atoms with van der Waals surface area (Å²) in [6, 6.07) is 6.40. The number of benzene rings is 1. The number of hydrogen-bond donors (Lipinski definition) is 1. The van der Waals surface area contributed by atoms with Crippen LogP contribution in [0.3, 0.4) is 0 Å². The molecule has 0 saturated carbocycles. The summed E-state index contributed by atoms with van der Waals surface area (Å²) >= 11 is 0. The first-order chi connectivity index (χ1) is 9.54. The van der Waals surface area contributed by atoms with Crippen LogP contribution < -0.4 is 5.32 Å². The van der Waals surface area contributed by atoms with Crippen molar-refractivity contribution in [1.29, 1.82) is 0 Å². The van der Waals surface area contributed by atoms with Gasteiger partial charge in [-0.05, 0) is 25.5 Å². The molecule has 0 aliphatic heterocycles. The lowest BCUT2D eigenvalue weighted by Crippen LogP contribution is -2.23. The normalized spacial score (nSPS) is 10.1. The first-order valence-corrected chi connectivity index (χ1v) is 6.33. The van der Waals surface area contributed by atoms with E-state index in [4.69, 9.17) is 4.74 Å². The average Bonchev–Trinajstić information content (AvgIpc) is 2.44. The van der Waals surface area contributed by atoms with E-state index in [1.807, 2.05) is 0 Å². The van der Waals surface area contributed by atoms with Crippen LogP contribution in [0.1, 0.15) is 12.5 Å². The van der Waals surface area contributed by atoms with E-state index < -0.39 is 10.9 Å². The summed E-state index contributed by atoms with van der Waals surface area (Å²) in [5.74, 6) is -0.393. The second kappa shape index (κ2) is 8.06. The molecule has 108 valence electrons. The fourth-order valence-electron chi connectivity index (χ4n) is 1.56. The molecule has 0 heterocycles. The monoisotopic (exact) mass is 278 g/mol. The van der Waals surface area contributed by atoms with Crippen LogP contribution in [0.5, 0.6) is 0 Å². The lowest BCUT2D eigenvalue weighted by Gasteiger charge is -2.07. The lowest BCUT2D eigenvalue weighted by molar-refractivity contribution is -0.384. The molecule has 0 saturated heterocycles. The average molecular weight is 278 g/mol. The number of nitro groups is 1. The highest BCUT2D eigenvalue weighted by Gasteiger charge is 2.07. The Morgan fingerprint density at radius 1 is 1.40 bits per heavy atom. The molecule has 0 spiro atoms. The maximum atomic E-state index is 11.3. The number of non-ortho nitro benzene ring substituents is 1. The molecule has 0 amide bonds. The lowest BCUT2D eigenvalue weighted by atomic mass is 10.1. The van der Waals surface area contributed by atoms with Gasteiger partial charge in [0.15, 0.2) is 0 Å². The molecule has 1 N–H and O–H groups in total. The number of nitrogens with zero attached hydrogens (tertiary/aromatic N) is 1. The third-order valence-corrected chi connectivity index (χ3v) is 2.64. The van der Waals surface area contributed by atoms with Crippen molar-refractivity contribution in [3.05, 3.63) is 52.1 Å². The molecule has 0 aliphatic rings. The molecule has 6 nitrogen and oxygen atoms in total. The third-order valence-electron chi connectivity index (χ3n) is 2.64. The molecular formula is C14H18N2O4. The van der Waals surface area contributed by atoms with Crippen LogP contribution in [-0.2, 0) is 16.0 Å².